The van der Waals surface area contributed by atoms with E-state index in [-0.39, 0.29) is 17.7 Å². The summed E-state index contributed by atoms with van der Waals surface area (Å²) in [5.41, 5.74) is 0.391. The van der Waals surface area contributed by atoms with Crippen molar-refractivity contribution < 1.29 is 45.7 Å². The number of allylic oxidation sites excluding steroid dienone is 2. The van der Waals surface area contributed by atoms with Crippen molar-refractivity contribution in [1.82, 2.24) is 4.90 Å². The van der Waals surface area contributed by atoms with Gasteiger partial charge in [-0.3, -0.25) is 4.79 Å². The molecule has 11 heteroatoms. The number of aliphatic hydroxyl groups is 2. The van der Waals surface area contributed by atoms with Gasteiger partial charge in [0.15, 0.2) is 5.78 Å². The van der Waals surface area contributed by atoms with Crippen LogP contribution in [0.2, 0.25) is 0 Å². The van der Waals surface area contributed by atoms with Crippen LogP contribution in [0.25, 0.3) is 0 Å². The second-order valence-corrected chi connectivity index (χ2v) is 10.5. The normalized spacial score (nSPS) is 22.3. The molecule has 2 unspecified atom stereocenters. The first kappa shape index (κ1) is 32.6. The van der Waals surface area contributed by atoms with Gasteiger partial charge in [-0.1, -0.05) is 12.5 Å². The number of aryl methyl sites for hydroxylation is 1. The van der Waals surface area contributed by atoms with Gasteiger partial charge in [-0.15, -0.1) is 0 Å². The van der Waals surface area contributed by atoms with Crippen LogP contribution in [-0.2, 0) is 23.8 Å². The number of carbonyl (C=O) groups is 1. The molecule has 1 saturated carbocycles. The average molecular weight is 590 g/mol. The monoisotopic (exact) mass is 589 g/mol. The summed E-state index contributed by atoms with van der Waals surface area (Å²) in [5, 5.41) is 15.6. The van der Waals surface area contributed by atoms with Crippen molar-refractivity contribution in [2.45, 2.75) is 63.9 Å². The predicted molar refractivity (Wildman–Crippen MR) is 139 cm³/mol. The first-order valence-electron chi connectivity index (χ1n) is 13.3. The lowest BCUT2D eigenvalue weighted by Crippen LogP contribution is -2.26. The largest absolute Gasteiger partial charge is 0.416 e. The van der Waals surface area contributed by atoms with Crippen molar-refractivity contribution in [3.8, 4) is 0 Å². The van der Waals surface area contributed by atoms with Gasteiger partial charge < -0.3 is 15.1 Å². The molecular formula is C30H34F7NO3. The summed E-state index contributed by atoms with van der Waals surface area (Å²) in [6, 6.07) is 6.25. The zero-order valence-corrected chi connectivity index (χ0v) is 22.8. The highest BCUT2D eigenvalue weighted by atomic mass is 19.4. The van der Waals surface area contributed by atoms with E-state index in [9.17, 15) is 35.5 Å². The minimum Gasteiger partial charge on any atom is -0.400 e. The fourth-order valence-electron chi connectivity index (χ4n) is 6.09. The van der Waals surface area contributed by atoms with Crippen LogP contribution < -0.4 is 0 Å². The molecule has 2 aromatic rings. The Morgan fingerprint density at radius 1 is 0.902 bits per heavy atom. The minimum absolute atomic E-state index is 0.0131. The van der Waals surface area contributed by atoms with Gasteiger partial charge in [0.05, 0.1) is 17.7 Å². The molecule has 226 valence electrons. The molecular weight excluding hydrogens is 555 g/mol. The van der Waals surface area contributed by atoms with E-state index in [2.05, 4.69) is 4.90 Å². The van der Waals surface area contributed by atoms with Gasteiger partial charge in [0.1, 0.15) is 5.82 Å². The zero-order valence-electron chi connectivity index (χ0n) is 22.8. The van der Waals surface area contributed by atoms with Gasteiger partial charge in [0, 0.05) is 38.4 Å². The van der Waals surface area contributed by atoms with E-state index in [1.807, 2.05) is 19.1 Å². The number of rotatable bonds is 3. The third-order valence-electron chi connectivity index (χ3n) is 7.92. The second-order valence-electron chi connectivity index (χ2n) is 10.5. The van der Waals surface area contributed by atoms with Crippen LogP contribution in [0, 0.1) is 24.6 Å². The highest BCUT2D eigenvalue weighted by Gasteiger charge is 2.42. The highest BCUT2D eigenvalue weighted by molar-refractivity contribution is 5.92. The van der Waals surface area contributed by atoms with Crippen molar-refractivity contribution in [1.29, 1.82) is 0 Å². The number of aliphatic hydroxyl groups excluding tert-OH is 2. The lowest BCUT2D eigenvalue weighted by molar-refractivity contribution is -0.143. The Bertz CT molecular complexity index is 1210. The maximum Gasteiger partial charge on any atom is 0.416 e. The molecule has 2 aliphatic carbocycles. The SMILES string of the molecule is CO.Cc1cc(F)ccc1C1CCCC2CN(C3=CC(=O)CC3)C[C@H]21.OCc1cc(C(F)(F)F)cc(C(F)(F)F)c1. The summed E-state index contributed by atoms with van der Waals surface area (Å²) in [6.45, 7) is 3.31. The molecule has 5 rings (SSSR count). The number of benzene rings is 2. The summed E-state index contributed by atoms with van der Waals surface area (Å²) >= 11 is 0. The van der Waals surface area contributed by atoms with Gasteiger partial charge in [0.25, 0.3) is 0 Å². The molecule has 0 radical (unpaired) electrons. The number of hydrogen-bond acceptors (Lipinski definition) is 4. The van der Waals surface area contributed by atoms with Crippen molar-refractivity contribution in [2.24, 2.45) is 11.8 Å². The molecule has 2 N–H and O–H groups in total. The number of alkyl halides is 6. The van der Waals surface area contributed by atoms with E-state index in [0.717, 1.165) is 38.1 Å². The van der Waals surface area contributed by atoms with Crippen LogP contribution in [0.3, 0.4) is 0 Å². The Kier molecular flexibility index (Phi) is 10.6. The zero-order chi connectivity index (χ0) is 30.5. The van der Waals surface area contributed by atoms with Crippen LogP contribution in [0.5, 0.6) is 0 Å². The topological polar surface area (TPSA) is 60.8 Å². The Morgan fingerprint density at radius 2 is 1.54 bits per heavy atom. The van der Waals surface area contributed by atoms with Crippen molar-refractivity contribution >= 4 is 5.78 Å². The smallest absolute Gasteiger partial charge is 0.400 e. The van der Waals surface area contributed by atoms with E-state index in [1.165, 1.54) is 30.5 Å². The van der Waals surface area contributed by atoms with E-state index >= 15 is 0 Å². The lowest BCUT2D eigenvalue weighted by atomic mass is 9.70. The first-order chi connectivity index (χ1) is 19.3. The van der Waals surface area contributed by atoms with Gasteiger partial charge in [-0.2, -0.15) is 26.3 Å². The number of likely N-dealkylation sites (tertiary alicyclic amines) is 1. The summed E-state index contributed by atoms with van der Waals surface area (Å²) in [6.07, 6.45) is -2.53. The van der Waals surface area contributed by atoms with Crippen LogP contribution >= 0.6 is 0 Å². The van der Waals surface area contributed by atoms with Crippen LogP contribution in [0.4, 0.5) is 30.7 Å². The van der Waals surface area contributed by atoms with Crippen LogP contribution in [0.1, 0.15) is 65.8 Å². The molecule has 2 fully saturated rings. The van der Waals surface area contributed by atoms with Gasteiger partial charge >= 0.3 is 12.4 Å². The Hall–Kier alpha value is -2.92. The van der Waals surface area contributed by atoms with Gasteiger partial charge in [-0.05, 0) is 91.0 Å². The van der Waals surface area contributed by atoms with Gasteiger partial charge in [0.2, 0.25) is 0 Å². The Morgan fingerprint density at radius 3 is 2.05 bits per heavy atom. The molecule has 0 aromatic heterocycles. The molecule has 0 bridgehead atoms. The van der Waals surface area contributed by atoms with Crippen molar-refractivity contribution in [3.05, 3.63) is 81.8 Å². The van der Waals surface area contributed by atoms with Crippen LogP contribution in [0.15, 0.2) is 48.2 Å². The van der Waals surface area contributed by atoms with Crippen molar-refractivity contribution in [3.63, 3.8) is 0 Å². The fourth-order valence-corrected chi connectivity index (χ4v) is 6.09. The summed E-state index contributed by atoms with van der Waals surface area (Å²) in [5.74, 6) is 2.04. The minimum atomic E-state index is -4.87. The third kappa shape index (κ3) is 8.09. The summed E-state index contributed by atoms with van der Waals surface area (Å²) < 4.78 is 86.8. The molecule has 0 amide bonds. The Labute approximate surface area is 234 Å². The Balaban J connectivity index is 0.000000227. The second kappa shape index (κ2) is 13.4. The molecule has 3 aliphatic rings. The molecule has 2 aromatic carbocycles. The fraction of sp³-hybridized carbons (Fsp3) is 0.500. The lowest BCUT2D eigenvalue weighted by Gasteiger charge is -2.34. The number of carbonyl (C=O) groups excluding carboxylic acids is 1. The van der Waals surface area contributed by atoms with Crippen molar-refractivity contribution in [2.75, 3.05) is 20.2 Å². The molecule has 1 aliphatic heterocycles. The molecule has 4 nitrogen and oxygen atoms in total. The maximum absolute atomic E-state index is 13.4. The predicted octanol–water partition coefficient (Wildman–Crippen LogP) is 7.02. The average Bonchev–Trinajstić information content (AvgIpc) is 3.55. The number of halogens is 7. The standard InChI is InChI=1S/C20H24FNO.C9H6F6O.CH4O/c1-13-9-15(21)5-8-18(13)19-4-2-3-14-11-22(12-20(14)19)16-6-7-17(23)10-16;10-8(11,12)6-1-5(4-16)2-7(3-6)9(13,14)15;1-2/h5,8-10,14,19-20H,2-4,6-7,11-12H2,1H3;1-3,16H,4H2;2H,1H3/t14?,19?,20-;;/m1../s1. The van der Waals surface area contributed by atoms with Gasteiger partial charge in [-0.25, -0.2) is 4.39 Å². The highest BCUT2D eigenvalue weighted by Crippen LogP contribution is 2.47. The number of hydrogen-bond donors (Lipinski definition) is 2. The van der Waals surface area contributed by atoms with E-state index < -0.39 is 35.6 Å². The van der Waals surface area contributed by atoms with Crippen LogP contribution in [-0.4, -0.2) is 41.1 Å². The molecule has 1 heterocycles. The third-order valence-corrected chi connectivity index (χ3v) is 7.92. The van der Waals surface area contributed by atoms with E-state index in [0.29, 0.717) is 30.4 Å². The maximum atomic E-state index is 13.4. The molecule has 41 heavy (non-hydrogen) atoms. The first-order valence-corrected chi connectivity index (χ1v) is 13.3. The quantitative estimate of drug-likeness (QED) is 0.378. The number of fused-ring (bicyclic) bond motifs is 1. The van der Waals surface area contributed by atoms with E-state index in [1.54, 1.807) is 12.1 Å². The molecule has 3 atom stereocenters. The number of ketones is 1. The van der Waals surface area contributed by atoms with E-state index in [4.69, 9.17) is 10.2 Å². The summed E-state index contributed by atoms with van der Waals surface area (Å²) in [4.78, 5) is 14.0. The number of nitrogens with zero attached hydrogens (tertiary/aromatic N) is 1. The summed E-state index contributed by atoms with van der Waals surface area (Å²) in [7, 11) is 1.00. The molecule has 0 spiro atoms. The molecule has 1 saturated heterocycles.